The highest BCUT2D eigenvalue weighted by Crippen LogP contribution is 2.26. The summed E-state index contributed by atoms with van der Waals surface area (Å²) in [5.41, 5.74) is 1.37. The molecule has 144 valence electrons. The van der Waals surface area contributed by atoms with E-state index < -0.39 is 0 Å². The summed E-state index contributed by atoms with van der Waals surface area (Å²) in [6.07, 6.45) is 9.48. The summed E-state index contributed by atoms with van der Waals surface area (Å²) in [5, 5.41) is 4.00. The van der Waals surface area contributed by atoms with Gasteiger partial charge in [0.1, 0.15) is 5.69 Å². The molecule has 1 fully saturated rings. The highest BCUT2D eigenvalue weighted by Gasteiger charge is 2.27. The van der Waals surface area contributed by atoms with Gasteiger partial charge in [0.05, 0.1) is 11.8 Å². The lowest BCUT2D eigenvalue weighted by atomic mass is 9.94. The lowest BCUT2D eigenvalue weighted by molar-refractivity contribution is 0.0664. The Bertz CT molecular complexity index is 947. The van der Waals surface area contributed by atoms with E-state index in [1.807, 2.05) is 35.4 Å². The van der Waals surface area contributed by atoms with Gasteiger partial charge in [-0.2, -0.15) is 4.98 Å². The van der Waals surface area contributed by atoms with Gasteiger partial charge in [-0.05, 0) is 37.1 Å². The molecule has 1 amide bonds. The molecule has 1 atom stereocenters. The van der Waals surface area contributed by atoms with E-state index >= 15 is 0 Å². The van der Waals surface area contributed by atoms with Gasteiger partial charge >= 0.3 is 0 Å². The van der Waals surface area contributed by atoms with Crippen molar-refractivity contribution < 1.29 is 9.32 Å². The molecule has 0 spiro atoms. The standard InChI is InChI=1S/C20H21N5O2S/c1-28-17-7-3-2-6-15(17)20(26)25-10-4-5-14(13-25)11-18-23-19(24-27-18)16-12-21-8-9-22-16/h2-3,6-9,12,14H,4-5,10-11,13H2,1H3/t14-/m0/s1. The zero-order valence-electron chi connectivity index (χ0n) is 15.6. The highest BCUT2D eigenvalue weighted by molar-refractivity contribution is 7.98. The largest absolute Gasteiger partial charge is 0.339 e. The number of amides is 1. The van der Waals surface area contributed by atoms with Crippen LogP contribution in [0.5, 0.6) is 0 Å². The Hall–Kier alpha value is -2.74. The Morgan fingerprint density at radius 2 is 2.21 bits per heavy atom. The topological polar surface area (TPSA) is 85.0 Å². The van der Waals surface area contributed by atoms with Gasteiger partial charge in [-0.25, -0.2) is 4.98 Å². The van der Waals surface area contributed by atoms with E-state index in [4.69, 9.17) is 4.52 Å². The van der Waals surface area contributed by atoms with E-state index in [-0.39, 0.29) is 5.91 Å². The first-order valence-electron chi connectivity index (χ1n) is 9.26. The van der Waals surface area contributed by atoms with Gasteiger partial charge in [-0.15, -0.1) is 11.8 Å². The molecule has 1 saturated heterocycles. The van der Waals surface area contributed by atoms with Gasteiger partial charge in [-0.3, -0.25) is 9.78 Å². The van der Waals surface area contributed by atoms with Crippen molar-refractivity contribution in [3.8, 4) is 11.5 Å². The number of nitrogens with zero attached hydrogens (tertiary/aromatic N) is 5. The van der Waals surface area contributed by atoms with Crippen LogP contribution in [0, 0.1) is 5.92 Å². The van der Waals surface area contributed by atoms with Gasteiger partial charge < -0.3 is 9.42 Å². The molecule has 4 rings (SSSR count). The van der Waals surface area contributed by atoms with Crippen LogP contribution in [0.4, 0.5) is 0 Å². The van der Waals surface area contributed by atoms with Crippen LogP contribution in [-0.4, -0.2) is 50.3 Å². The molecule has 0 N–H and O–H groups in total. The van der Waals surface area contributed by atoms with E-state index in [2.05, 4.69) is 20.1 Å². The number of benzene rings is 1. The maximum atomic E-state index is 13.0. The summed E-state index contributed by atoms with van der Waals surface area (Å²) in [5.74, 6) is 1.42. The van der Waals surface area contributed by atoms with Crippen LogP contribution in [0.3, 0.4) is 0 Å². The summed E-state index contributed by atoms with van der Waals surface area (Å²) < 4.78 is 5.40. The monoisotopic (exact) mass is 395 g/mol. The van der Waals surface area contributed by atoms with Gasteiger partial charge in [-0.1, -0.05) is 17.3 Å². The van der Waals surface area contributed by atoms with Gasteiger partial charge in [0, 0.05) is 36.8 Å². The molecule has 1 aromatic carbocycles. The van der Waals surface area contributed by atoms with E-state index in [0.717, 1.165) is 29.8 Å². The molecule has 3 aromatic rings. The molecule has 3 heterocycles. The average molecular weight is 395 g/mol. The number of likely N-dealkylation sites (tertiary alicyclic amines) is 1. The molecular formula is C20H21N5O2S. The minimum absolute atomic E-state index is 0.0976. The zero-order valence-corrected chi connectivity index (χ0v) is 16.4. The molecule has 1 aliphatic rings. The van der Waals surface area contributed by atoms with Gasteiger partial charge in [0.25, 0.3) is 5.91 Å². The van der Waals surface area contributed by atoms with Crippen molar-refractivity contribution in [3.63, 3.8) is 0 Å². The van der Waals surface area contributed by atoms with Crippen LogP contribution in [-0.2, 0) is 6.42 Å². The first-order valence-corrected chi connectivity index (χ1v) is 10.5. The molecule has 0 radical (unpaired) electrons. The Balaban J connectivity index is 1.43. The average Bonchev–Trinajstić information content (AvgIpc) is 3.22. The second kappa shape index (κ2) is 8.52. The van der Waals surface area contributed by atoms with Crippen LogP contribution in [0.15, 0.2) is 52.3 Å². The number of aromatic nitrogens is 4. The number of rotatable bonds is 5. The lowest BCUT2D eigenvalue weighted by Crippen LogP contribution is -2.40. The van der Waals surface area contributed by atoms with Crippen LogP contribution >= 0.6 is 11.8 Å². The fourth-order valence-electron chi connectivity index (χ4n) is 3.51. The fourth-order valence-corrected chi connectivity index (χ4v) is 4.10. The van der Waals surface area contributed by atoms with E-state index in [9.17, 15) is 4.79 Å². The van der Waals surface area contributed by atoms with E-state index in [0.29, 0.717) is 36.3 Å². The van der Waals surface area contributed by atoms with Crippen LogP contribution in [0.2, 0.25) is 0 Å². The molecule has 28 heavy (non-hydrogen) atoms. The maximum Gasteiger partial charge on any atom is 0.254 e. The molecule has 0 aliphatic carbocycles. The molecular weight excluding hydrogens is 374 g/mol. The number of thioether (sulfide) groups is 1. The zero-order chi connectivity index (χ0) is 19.3. The minimum Gasteiger partial charge on any atom is -0.339 e. The highest BCUT2D eigenvalue weighted by atomic mass is 32.2. The number of carbonyl (C=O) groups excluding carboxylic acids is 1. The van der Waals surface area contributed by atoms with Crippen molar-refractivity contribution in [2.75, 3.05) is 19.3 Å². The quantitative estimate of drug-likeness (QED) is 0.613. The number of hydrogen-bond acceptors (Lipinski definition) is 7. The van der Waals surface area contributed by atoms with Crippen molar-refractivity contribution in [2.24, 2.45) is 5.92 Å². The molecule has 0 saturated carbocycles. The van der Waals surface area contributed by atoms with E-state index in [1.54, 1.807) is 30.4 Å². The smallest absolute Gasteiger partial charge is 0.254 e. The number of hydrogen-bond donors (Lipinski definition) is 0. The Morgan fingerprint density at radius 3 is 3.04 bits per heavy atom. The fraction of sp³-hybridized carbons (Fsp3) is 0.350. The third kappa shape index (κ3) is 4.06. The normalized spacial score (nSPS) is 16.9. The molecule has 8 heteroatoms. The number of carbonyl (C=O) groups is 1. The SMILES string of the molecule is CSc1ccccc1C(=O)N1CCC[C@@H](Cc2nc(-c3cnccn3)no2)C1. The second-order valence-electron chi connectivity index (χ2n) is 6.77. The summed E-state index contributed by atoms with van der Waals surface area (Å²) >= 11 is 1.60. The van der Waals surface area contributed by atoms with Crippen molar-refractivity contribution in [2.45, 2.75) is 24.2 Å². The lowest BCUT2D eigenvalue weighted by Gasteiger charge is -2.32. The first-order chi connectivity index (χ1) is 13.7. The Kier molecular flexibility index (Phi) is 5.66. The van der Waals surface area contributed by atoms with Gasteiger partial charge in [0.15, 0.2) is 0 Å². The van der Waals surface area contributed by atoms with Crippen molar-refractivity contribution >= 4 is 17.7 Å². The molecule has 1 aliphatic heterocycles. The van der Waals surface area contributed by atoms with Crippen LogP contribution in [0.1, 0.15) is 29.1 Å². The third-order valence-corrected chi connectivity index (χ3v) is 5.66. The van der Waals surface area contributed by atoms with Crippen molar-refractivity contribution in [1.82, 2.24) is 25.0 Å². The Labute approximate surface area is 167 Å². The second-order valence-corrected chi connectivity index (χ2v) is 7.61. The maximum absolute atomic E-state index is 13.0. The molecule has 7 nitrogen and oxygen atoms in total. The minimum atomic E-state index is 0.0976. The molecule has 2 aromatic heterocycles. The molecule has 0 unspecified atom stereocenters. The summed E-state index contributed by atoms with van der Waals surface area (Å²) in [6.45, 7) is 1.48. The van der Waals surface area contributed by atoms with Crippen LogP contribution < -0.4 is 0 Å². The van der Waals surface area contributed by atoms with Crippen molar-refractivity contribution in [1.29, 1.82) is 0 Å². The van der Waals surface area contributed by atoms with E-state index in [1.165, 1.54) is 0 Å². The third-order valence-electron chi connectivity index (χ3n) is 4.87. The van der Waals surface area contributed by atoms with Crippen LogP contribution in [0.25, 0.3) is 11.5 Å². The number of piperidine rings is 1. The van der Waals surface area contributed by atoms with Gasteiger partial charge in [0.2, 0.25) is 11.7 Å². The first kappa shape index (κ1) is 18.6. The van der Waals surface area contributed by atoms with Crippen molar-refractivity contribution in [3.05, 3.63) is 54.3 Å². The summed E-state index contributed by atoms with van der Waals surface area (Å²) in [4.78, 5) is 28.6. The molecule has 0 bridgehead atoms. The predicted molar refractivity (Wildman–Crippen MR) is 106 cm³/mol. The summed E-state index contributed by atoms with van der Waals surface area (Å²) in [7, 11) is 0. The Morgan fingerprint density at radius 1 is 1.32 bits per heavy atom. The predicted octanol–water partition coefficient (Wildman–Crippen LogP) is 3.34. The summed E-state index contributed by atoms with van der Waals surface area (Å²) in [6, 6.07) is 7.78.